The van der Waals surface area contributed by atoms with Crippen LogP contribution in [0.3, 0.4) is 0 Å². The van der Waals surface area contributed by atoms with Crippen molar-refractivity contribution in [2.45, 2.75) is 38.6 Å². The third kappa shape index (κ3) is 6.95. The molecular formula is C22H27FN2O4S. The van der Waals surface area contributed by atoms with Crippen molar-refractivity contribution in [1.82, 2.24) is 5.32 Å². The maximum atomic E-state index is 13.9. The van der Waals surface area contributed by atoms with E-state index < -0.39 is 33.5 Å². The molecule has 0 aromatic heterocycles. The van der Waals surface area contributed by atoms with Gasteiger partial charge in [0.25, 0.3) is 5.91 Å². The highest BCUT2D eigenvalue weighted by atomic mass is 32.2. The van der Waals surface area contributed by atoms with E-state index in [2.05, 4.69) is 31.4 Å². The molecule has 6 nitrogen and oxygen atoms in total. The van der Waals surface area contributed by atoms with Crippen LogP contribution >= 0.6 is 0 Å². The summed E-state index contributed by atoms with van der Waals surface area (Å²) in [4.78, 5) is 25.3. The maximum absolute atomic E-state index is 13.9. The number of rotatable bonds is 7. The van der Waals surface area contributed by atoms with Crippen LogP contribution in [0.15, 0.2) is 48.5 Å². The number of hydrogen-bond donors (Lipinski definition) is 2. The van der Waals surface area contributed by atoms with Crippen molar-refractivity contribution in [2.75, 3.05) is 17.3 Å². The van der Waals surface area contributed by atoms with Crippen molar-refractivity contribution in [1.29, 1.82) is 0 Å². The first-order valence-electron chi connectivity index (χ1n) is 9.51. The fourth-order valence-electron chi connectivity index (χ4n) is 2.75. The van der Waals surface area contributed by atoms with Gasteiger partial charge in [-0.05, 0) is 41.7 Å². The van der Waals surface area contributed by atoms with Crippen LogP contribution < -0.4 is 10.6 Å². The van der Waals surface area contributed by atoms with Crippen LogP contribution in [0.5, 0.6) is 0 Å². The van der Waals surface area contributed by atoms with Crippen molar-refractivity contribution in [2.24, 2.45) is 0 Å². The lowest BCUT2D eigenvalue weighted by Gasteiger charge is -2.20. The van der Waals surface area contributed by atoms with Crippen LogP contribution in [0, 0.1) is 5.82 Å². The lowest BCUT2D eigenvalue weighted by molar-refractivity contribution is -0.118. The molecule has 2 N–H and O–H groups in total. The molecule has 30 heavy (non-hydrogen) atoms. The highest BCUT2D eigenvalue weighted by Gasteiger charge is 2.24. The minimum Gasteiger partial charge on any atom is -0.340 e. The molecule has 2 aromatic rings. The van der Waals surface area contributed by atoms with Crippen LogP contribution in [0.25, 0.3) is 0 Å². The summed E-state index contributed by atoms with van der Waals surface area (Å²) in [6.07, 6.45) is 0.913. The van der Waals surface area contributed by atoms with Gasteiger partial charge in [0, 0.05) is 11.8 Å². The van der Waals surface area contributed by atoms with Crippen molar-refractivity contribution >= 4 is 27.3 Å². The molecule has 0 saturated heterocycles. The first-order valence-corrected chi connectivity index (χ1v) is 11.6. The van der Waals surface area contributed by atoms with Crippen molar-refractivity contribution in [3.63, 3.8) is 0 Å². The van der Waals surface area contributed by atoms with Crippen molar-refractivity contribution in [3.05, 3.63) is 65.5 Å². The number of amides is 2. The van der Waals surface area contributed by atoms with Gasteiger partial charge in [-0.15, -0.1) is 0 Å². The molecule has 2 amide bonds. The molecule has 0 aliphatic rings. The largest absolute Gasteiger partial charge is 0.340 e. The van der Waals surface area contributed by atoms with Crippen molar-refractivity contribution < 1.29 is 22.4 Å². The molecular weight excluding hydrogens is 407 g/mol. The zero-order valence-corrected chi connectivity index (χ0v) is 18.3. The van der Waals surface area contributed by atoms with Crippen LogP contribution in [0.1, 0.15) is 43.1 Å². The van der Waals surface area contributed by atoms with E-state index >= 15 is 0 Å². The van der Waals surface area contributed by atoms with Crippen LogP contribution in [-0.2, 0) is 20.0 Å². The monoisotopic (exact) mass is 434 g/mol. The van der Waals surface area contributed by atoms with E-state index in [1.807, 2.05) is 12.1 Å². The lowest BCUT2D eigenvalue weighted by Crippen LogP contribution is -2.45. The van der Waals surface area contributed by atoms with E-state index in [1.165, 1.54) is 18.2 Å². The number of nitrogens with one attached hydrogen (secondary N) is 2. The highest BCUT2D eigenvalue weighted by Crippen LogP contribution is 2.22. The summed E-state index contributed by atoms with van der Waals surface area (Å²) in [5.41, 5.74) is 1.26. The summed E-state index contributed by atoms with van der Waals surface area (Å²) < 4.78 is 37.0. The molecule has 0 aliphatic heterocycles. The van der Waals surface area contributed by atoms with Crippen LogP contribution in [0.4, 0.5) is 10.1 Å². The quantitative estimate of drug-likeness (QED) is 0.699. The maximum Gasteiger partial charge on any atom is 0.251 e. The molecule has 8 heteroatoms. The predicted molar refractivity (Wildman–Crippen MR) is 116 cm³/mol. The summed E-state index contributed by atoms with van der Waals surface area (Å²) in [5, 5.41) is 4.97. The molecule has 0 bridgehead atoms. The van der Waals surface area contributed by atoms with E-state index in [9.17, 15) is 22.4 Å². The summed E-state index contributed by atoms with van der Waals surface area (Å²) >= 11 is 0. The number of hydrogen-bond acceptors (Lipinski definition) is 4. The summed E-state index contributed by atoms with van der Waals surface area (Å²) in [6.45, 7) is 6.16. The Hall–Kier alpha value is -2.74. The molecule has 2 aromatic carbocycles. The Morgan fingerprint density at radius 1 is 1.03 bits per heavy atom. The molecule has 162 valence electrons. The zero-order valence-electron chi connectivity index (χ0n) is 17.5. The minimum atomic E-state index is -3.36. The molecule has 2 rings (SSSR count). The van der Waals surface area contributed by atoms with E-state index in [0.717, 1.165) is 11.8 Å². The van der Waals surface area contributed by atoms with E-state index in [1.54, 1.807) is 18.2 Å². The molecule has 0 heterocycles. The topological polar surface area (TPSA) is 92.3 Å². The summed E-state index contributed by atoms with van der Waals surface area (Å²) in [7, 11) is -3.36. The van der Waals surface area contributed by atoms with Gasteiger partial charge in [0.2, 0.25) is 5.91 Å². The number of carbonyl (C=O) groups is 2. The average Bonchev–Trinajstić information content (AvgIpc) is 2.65. The molecule has 0 unspecified atom stereocenters. The van der Waals surface area contributed by atoms with Crippen molar-refractivity contribution in [3.8, 4) is 0 Å². The van der Waals surface area contributed by atoms with Crippen LogP contribution in [0.2, 0.25) is 0 Å². The van der Waals surface area contributed by atoms with Gasteiger partial charge >= 0.3 is 0 Å². The Morgan fingerprint density at radius 3 is 2.17 bits per heavy atom. The number of para-hydroxylation sites is 1. The zero-order chi connectivity index (χ0) is 22.5. The Kier molecular flexibility index (Phi) is 7.36. The minimum absolute atomic E-state index is 0.0457. The number of benzene rings is 2. The molecule has 0 spiro atoms. The standard InChI is InChI=1S/C22H27FN2O4S/c1-22(2,3)16-11-9-15(10-12-16)20(26)25-19(13-14-30(4,28)29)21(27)24-18-8-6-5-7-17(18)23/h5-12,19H,13-14H2,1-4H3,(H,24,27)(H,25,26)/t19-/m1/s1. The number of sulfone groups is 1. The van der Waals surface area contributed by atoms with E-state index in [-0.39, 0.29) is 23.3 Å². The van der Waals surface area contributed by atoms with Crippen LogP contribution in [-0.4, -0.2) is 38.3 Å². The summed E-state index contributed by atoms with van der Waals surface area (Å²) in [5.74, 6) is -2.14. The lowest BCUT2D eigenvalue weighted by atomic mass is 9.86. The normalized spacial score (nSPS) is 12.8. The third-order valence-electron chi connectivity index (χ3n) is 4.54. The third-order valence-corrected chi connectivity index (χ3v) is 5.52. The molecule has 1 atom stereocenters. The fraction of sp³-hybridized carbons (Fsp3) is 0.364. The van der Waals surface area contributed by atoms with Gasteiger partial charge in [0.05, 0.1) is 11.4 Å². The average molecular weight is 435 g/mol. The smallest absolute Gasteiger partial charge is 0.251 e. The second-order valence-electron chi connectivity index (χ2n) is 8.24. The molecule has 0 saturated carbocycles. The van der Waals surface area contributed by atoms with Gasteiger partial charge < -0.3 is 10.6 Å². The van der Waals surface area contributed by atoms with E-state index in [4.69, 9.17) is 0 Å². The second-order valence-corrected chi connectivity index (χ2v) is 10.5. The second kappa shape index (κ2) is 9.38. The molecule has 0 aliphatic carbocycles. The first kappa shape index (κ1) is 23.5. The molecule has 0 fully saturated rings. The first-order chi connectivity index (χ1) is 13.9. The van der Waals surface area contributed by atoms with Gasteiger partial charge in [0.15, 0.2) is 0 Å². The van der Waals surface area contributed by atoms with Gasteiger partial charge in [-0.3, -0.25) is 9.59 Å². The van der Waals surface area contributed by atoms with Gasteiger partial charge in [-0.25, -0.2) is 12.8 Å². The van der Waals surface area contributed by atoms with Gasteiger partial charge in [-0.1, -0.05) is 45.0 Å². The Labute approximate surface area is 176 Å². The van der Waals surface area contributed by atoms with Gasteiger partial charge in [-0.2, -0.15) is 0 Å². The number of carbonyl (C=O) groups excluding carboxylic acids is 2. The Balaban J connectivity index is 2.18. The fourth-order valence-corrected chi connectivity index (χ4v) is 3.41. The Bertz CT molecular complexity index is 1010. The van der Waals surface area contributed by atoms with E-state index in [0.29, 0.717) is 5.56 Å². The SMILES string of the molecule is CC(C)(C)c1ccc(C(=O)N[C@H](CCS(C)(=O)=O)C(=O)Nc2ccccc2F)cc1. The number of halogens is 1. The Morgan fingerprint density at radius 2 is 1.63 bits per heavy atom. The predicted octanol–water partition coefficient (Wildman–Crippen LogP) is 3.30. The summed E-state index contributed by atoms with van der Waals surface area (Å²) in [6, 6.07) is 11.4. The number of anilines is 1. The highest BCUT2D eigenvalue weighted by molar-refractivity contribution is 7.90. The molecule has 0 radical (unpaired) electrons. The van der Waals surface area contributed by atoms with Gasteiger partial charge in [0.1, 0.15) is 21.7 Å².